The predicted molar refractivity (Wildman–Crippen MR) is 51.6 cm³/mol. The quantitative estimate of drug-likeness (QED) is 0.459. The van der Waals surface area contributed by atoms with E-state index in [0.717, 1.165) is 0 Å². The van der Waals surface area contributed by atoms with E-state index in [9.17, 15) is 74.3 Å². The summed E-state index contributed by atoms with van der Waals surface area (Å²) < 4.78 is 216. The Bertz CT molecular complexity index is 716. The summed E-state index contributed by atoms with van der Waals surface area (Å²) in [5, 5.41) is -7.62. The Morgan fingerprint density at radius 2 is 0.926 bits per heavy atom. The van der Waals surface area contributed by atoms with Crippen molar-refractivity contribution in [1.29, 1.82) is 0 Å². The smallest absolute Gasteiger partial charge is 0.281 e. The Balaban J connectivity index is 6.74. The lowest BCUT2D eigenvalue weighted by Gasteiger charge is -2.37. The van der Waals surface area contributed by atoms with Crippen molar-refractivity contribution >= 4 is 10.1 Å². The van der Waals surface area contributed by atoms with Gasteiger partial charge in [-0.2, -0.15) is 69.9 Å². The number of hydrogen-bond donors (Lipinski definition) is 1. The van der Waals surface area contributed by atoms with Crippen LogP contribution in [0, 0.1) is 0 Å². The van der Waals surface area contributed by atoms with Crippen molar-refractivity contribution in [3.05, 3.63) is 11.7 Å². The van der Waals surface area contributed by atoms with Crippen LogP contribution in [-0.2, 0) is 10.1 Å². The highest BCUT2D eigenvalue weighted by atomic mass is 32.2. The molecule has 0 aliphatic heterocycles. The maximum atomic E-state index is 13.0. The normalized spacial score (nSPS) is 17.0. The number of rotatable bonds is 6. The molecule has 0 radical (unpaired) electrons. The molecule has 0 rings (SSSR count). The Morgan fingerprint density at radius 3 is 1.19 bits per heavy atom. The number of alkyl halides is 13. The van der Waals surface area contributed by atoms with Gasteiger partial charge in [0.2, 0.25) is 11.7 Å². The zero-order chi connectivity index (χ0) is 22.7. The van der Waals surface area contributed by atoms with Crippen molar-refractivity contribution in [3.8, 4) is 0 Å². The van der Waals surface area contributed by atoms with Crippen LogP contribution in [0.2, 0.25) is 0 Å². The van der Waals surface area contributed by atoms with Gasteiger partial charge in [0.05, 0.1) is 0 Å². The molecule has 0 aromatic rings. The van der Waals surface area contributed by atoms with E-state index in [0.29, 0.717) is 0 Å². The molecule has 0 fully saturated rings. The average Bonchev–Trinajstić information content (AvgIpc) is 2.42. The fourth-order valence-corrected chi connectivity index (χ4v) is 1.59. The minimum Gasteiger partial charge on any atom is -0.281 e. The molecule has 1 N–H and O–H groups in total. The van der Waals surface area contributed by atoms with E-state index in [1.165, 1.54) is 0 Å². The molecule has 0 amide bonds. The third-order valence-electron chi connectivity index (χ3n) is 2.59. The molecular weight excluding hydrogens is 461 g/mol. The fourth-order valence-electron chi connectivity index (χ4n) is 1.14. The van der Waals surface area contributed by atoms with Crippen LogP contribution in [0.3, 0.4) is 0 Å². The molecule has 0 heterocycles. The van der Waals surface area contributed by atoms with Crippen LogP contribution in [0.25, 0.3) is 0 Å². The highest BCUT2D eigenvalue weighted by Crippen LogP contribution is 2.60. The van der Waals surface area contributed by atoms with Crippen molar-refractivity contribution in [2.75, 3.05) is 0 Å². The van der Waals surface area contributed by atoms with Gasteiger partial charge in [0.25, 0.3) is 0 Å². The first kappa shape index (κ1) is 25.6. The van der Waals surface area contributed by atoms with Crippen molar-refractivity contribution in [1.82, 2.24) is 0 Å². The molecule has 0 atom stereocenters. The van der Waals surface area contributed by atoms with Crippen molar-refractivity contribution in [3.63, 3.8) is 0 Å². The van der Waals surface area contributed by atoms with Crippen LogP contribution in [0.15, 0.2) is 11.7 Å². The van der Waals surface area contributed by atoms with E-state index in [1.54, 1.807) is 0 Å². The summed E-state index contributed by atoms with van der Waals surface area (Å²) >= 11 is 0. The van der Waals surface area contributed by atoms with Gasteiger partial charge < -0.3 is 0 Å². The number of allylic oxidation sites excluding steroid dienone is 2. The first-order chi connectivity index (χ1) is 11.3. The third kappa shape index (κ3) is 3.54. The molecular formula is C8HF15O3S. The average molecular weight is 462 g/mol. The number of halogens is 15. The maximum Gasteiger partial charge on any atom is 0.445 e. The summed E-state index contributed by atoms with van der Waals surface area (Å²) in [6.07, 6.45) is -6.86. The molecule has 0 aromatic carbocycles. The second-order valence-electron chi connectivity index (χ2n) is 4.42. The molecule has 27 heavy (non-hydrogen) atoms. The first-order valence-corrected chi connectivity index (χ1v) is 6.74. The van der Waals surface area contributed by atoms with Gasteiger partial charge in [-0.1, -0.05) is 0 Å². The lowest BCUT2D eigenvalue weighted by atomic mass is 9.97. The van der Waals surface area contributed by atoms with E-state index >= 15 is 0 Å². The largest absolute Gasteiger partial charge is 0.445 e. The second kappa shape index (κ2) is 6.31. The maximum absolute atomic E-state index is 13.0. The fraction of sp³-hybridized carbons (Fsp3) is 0.750. The molecule has 0 aliphatic rings. The minimum atomic E-state index is -8.36. The van der Waals surface area contributed by atoms with Crippen LogP contribution in [0.5, 0.6) is 0 Å². The summed E-state index contributed by atoms with van der Waals surface area (Å²) in [6, 6.07) is 0. The Kier molecular flexibility index (Phi) is 5.98. The van der Waals surface area contributed by atoms with Crippen LogP contribution >= 0.6 is 0 Å². The zero-order valence-electron chi connectivity index (χ0n) is 11.3. The van der Waals surface area contributed by atoms with Gasteiger partial charge in [0.15, 0.2) is 0 Å². The second-order valence-corrected chi connectivity index (χ2v) is 5.88. The van der Waals surface area contributed by atoms with E-state index in [1.807, 2.05) is 0 Å². The standard InChI is InChI=1S/C8HF15O3S/c9-1(2(10)4(13,14)15)3(11,12)5(16,17)6(18,19)7(20,21)8(22,23)27(24,25)26/h(H,24,25,26). The third-order valence-corrected chi connectivity index (χ3v) is 3.49. The molecule has 0 bridgehead atoms. The molecule has 162 valence electrons. The molecule has 0 saturated carbocycles. The Hall–Kier alpha value is -1.40. The van der Waals surface area contributed by atoms with Gasteiger partial charge >= 0.3 is 45.2 Å². The van der Waals surface area contributed by atoms with Gasteiger partial charge in [0.1, 0.15) is 0 Å². The molecule has 3 nitrogen and oxygen atoms in total. The van der Waals surface area contributed by atoms with Crippen molar-refractivity contribution < 1.29 is 78.8 Å². The van der Waals surface area contributed by atoms with Crippen molar-refractivity contribution in [2.24, 2.45) is 0 Å². The van der Waals surface area contributed by atoms with Gasteiger partial charge in [0, 0.05) is 0 Å². The van der Waals surface area contributed by atoms with E-state index < -0.39 is 56.9 Å². The highest BCUT2D eigenvalue weighted by molar-refractivity contribution is 7.87. The van der Waals surface area contributed by atoms with Crippen LogP contribution in [0.1, 0.15) is 0 Å². The van der Waals surface area contributed by atoms with E-state index in [-0.39, 0.29) is 0 Å². The summed E-state index contributed by atoms with van der Waals surface area (Å²) in [6.45, 7) is 0. The topological polar surface area (TPSA) is 54.4 Å². The molecule has 0 spiro atoms. The van der Waals surface area contributed by atoms with Gasteiger partial charge in [-0.3, -0.25) is 4.55 Å². The Labute approximate surface area is 137 Å². The number of hydrogen-bond acceptors (Lipinski definition) is 2. The van der Waals surface area contributed by atoms with Crippen LogP contribution in [0.4, 0.5) is 65.9 Å². The highest BCUT2D eigenvalue weighted by Gasteiger charge is 2.89. The summed E-state index contributed by atoms with van der Waals surface area (Å²) in [5.74, 6) is -42.5. The molecule has 0 saturated heterocycles. The first-order valence-electron chi connectivity index (χ1n) is 5.30. The minimum absolute atomic E-state index is 4.80. The lowest BCUT2D eigenvalue weighted by Crippen LogP contribution is -2.68. The van der Waals surface area contributed by atoms with Gasteiger partial charge in [-0.25, -0.2) is 4.39 Å². The molecule has 19 heteroatoms. The van der Waals surface area contributed by atoms with Gasteiger partial charge in [-0.05, 0) is 0 Å². The molecule has 0 aromatic heterocycles. The summed E-state index contributed by atoms with van der Waals surface area (Å²) in [5.41, 5.74) is 0. The van der Waals surface area contributed by atoms with E-state index in [2.05, 4.69) is 0 Å². The molecule has 0 unspecified atom stereocenters. The van der Waals surface area contributed by atoms with Crippen LogP contribution in [-0.4, -0.2) is 48.1 Å². The SMILES string of the molecule is O=S(=O)(O)C(F)(F)C(F)(F)C(F)(F)C(F)(F)C(F)(F)C(F)=C(F)C(F)(F)F. The molecule has 0 aliphatic carbocycles. The lowest BCUT2D eigenvalue weighted by molar-refractivity contribution is -0.385. The van der Waals surface area contributed by atoms with Gasteiger partial charge in [-0.15, -0.1) is 0 Å². The van der Waals surface area contributed by atoms with Crippen molar-refractivity contribution in [2.45, 2.75) is 35.1 Å². The summed E-state index contributed by atoms with van der Waals surface area (Å²) in [7, 11) is -7.71. The predicted octanol–water partition coefficient (Wildman–Crippen LogP) is 4.72. The van der Waals surface area contributed by atoms with E-state index in [4.69, 9.17) is 4.55 Å². The monoisotopic (exact) mass is 462 g/mol. The zero-order valence-corrected chi connectivity index (χ0v) is 12.2. The van der Waals surface area contributed by atoms with Crippen LogP contribution < -0.4 is 0 Å². The Morgan fingerprint density at radius 1 is 0.593 bits per heavy atom. The summed E-state index contributed by atoms with van der Waals surface area (Å²) in [4.78, 5) is 0.